The zero-order chi connectivity index (χ0) is 22.1. The monoisotopic (exact) mass is 453 g/mol. The summed E-state index contributed by atoms with van der Waals surface area (Å²) in [4.78, 5) is 12.3. The number of sulfonamides is 1. The fourth-order valence-corrected chi connectivity index (χ4v) is 5.40. The number of thioether (sulfide) groups is 1. The van der Waals surface area contributed by atoms with Crippen LogP contribution in [-0.4, -0.2) is 36.9 Å². The third kappa shape index (κ3) is 6.55. The summed E-state index contributed by atoms with van der Waals surface area (Å²) in [5.74, 6) is -1.06. The fourth-order valence-electron chi connectivity index (χ4n) is 2.87. The first kappa shape index (κ1) is 24.4. The summed E-state index contributed by atoms with van der Waals surface area (Å²) in [6.07, 6.45) is 3.25. The fraction of sp³-hybridized carbons (Fsp3) is 0.409. The molecule has 0 aliphatic carbocycles. The van der Waals surface area contributed by atoms with E-state index in [0.717, 1.165) is 31.2 Å². The Morgan fingerprint density at radius 2 is 1.63 bits per heavy atom. The summed E-state index contributed by atoms with van der Waals surface area (Å²) in [6, 6.07) is 10.2. The van der Waals surface area contributed by atoms with E-state index in [1.165, 1.54) is 40.3 Å². The summed E-state index contributed by atoms with van der Waals surface area (Å²) in [7, 11) is -3.77. The highest BCUT2D eigenvalue weighted by Gasteiger charge is 2.25. The van der Waals surface area contributed by atoms with Crippen molar-refractivity contribution in [2.24, 2.45) is 0 Å². The molecule has 0 unspecified atom stereocenters. The highest BCUT2D eigenvalue weighted by molar-refractivity contribution is 7.98. The van der Waals surface area contributed by atoms with Crippen LogP contribution < -0.4 is 0 Å². The Morgan fingerprint density at radius 3 is 2.17 bits per heavy atom. The lowest BCUT2D eigenvalue weighted by atomic mass is 10.2. The molecule has 0 spiro atoms. The first-order valence-electron chi connectivity index (χ1n) is 10.0. The van der Waals surface area contributed by atoms with Gasteiger partial charge in [0.1, 0.15) is 5.82 Å². The standard InChI is InChI=1S/C22H28FNO4S2/c1-3-5-13-24(14-6-4-2)30(27,28)19-11-12-21(20(15-19)22(25)26)29-16-17-7-9-18(23)10-8-17/h7-12,15H,3-6,13-14,16H2,1-2H3,(H,25,26). The molecule has 2 aromatic carbocycles. The van der Waals surface area contributed by atoms with Crippen molar-refractivity contribution < 1.29 is 22.7 Å². The molecule has 0 saturated heterocycles. The molecule has 0 aliphatic rings. The summed E-state index contributed by atoms with van der Waals surface area (Å²) >= 11 is 1.28. The van der Waals surface area contributed by atoms with Gasteiger partial charge in [-0.15, -0.1) is 11.8 Å². The number of hydrogen-bond acceptors (Lipinski definition) is 4. The average molecular weight is 454 g/mol. The van der Waals surface area contributed by atoms with Crippen molar-refractivity contribution in [2.45, 2.75) is 55.1 Å². The van der Waals surface area contributed by atoms with Gasteiger partial charge in [0.25, 0.3) is 0 Å². The lowest BCUT2D eigenvalue weighted by Gasteiger charge is -2.22. The molecule has 8 heteroatoms. The molecule has 0 radical (unpaired) electrons. The first-order valence-corrected chi connectivity index (χ1v) is 12.5. The second kappa shape index (κ2) is 11.5. The third-order valence-corrected chi connectivity index (χ3v) is 7.69. The van der Waals surface area contributed by atoms with Gasteiger partial charge in [-0.05, 0) is 48.7 Å². The second-order valence-electron chi connectivity index (χ2n) is 6.99. The number of benzene rings is 2. The molecule has 1 N–H and O–H groups in total. The number of hydrogen-bond donors (Lipinski definition) is 1. The van der Waals surface area contributed by atoms with Crippen LogP contribution in [0.1, 0.15) is 55.5 Å². The Balaban J connectivity index is 2.29. The highest BCUT2D eigenvalue weighted by Crippen LogP contribution is 2.30. The van der Waals surface area contributed by atoms with Crippen LogP contribution in [-0.2, 0) is 15.8 Å². The molecule has 2 rings (SSSR count). The van der Waals surface area contributed by atoms with Crippen LogP contribution in [0.3, 0.4) is 0 Å². The SMILES string of the molecule is CCCCN(CCCC)S(=O)(=O)c1ccc(SCc2ccc(F)cc2)c(C(=O)O)c1. The average Bonchev–Trinajstić information content (AvgIpc) is 2.73. The maximum atomic E-state index is 13.1. The minimum Gasteiger partial charge on any atom is -0.478 e. The number of carboxylic acid groups (broad SMARTS) is 1. The van der Waals surface area contributed by atoms with Crippen LogP contribution in [0.4, 0.5) is 4.39 Å². The normalized spacial score (nSPS) is 11.7. The lowest BCUT2D eigenvalue weighted by molar-refractivity contribution is 0.0693. The van der Waals surface area contributed by atoms with Gasteiger partial charge in [0.2, 0.25) is 10.0 Å². The van der Waals surface area contributed by atoms with Crippen LogP contribution in [0, 0.1) is 5.82 Å². The van der Waals surface area contributed by atoms with E-state index >= 15 is 0 Å². The molecule has 0 aromatic heterocycles. The number of unbranched alkanes of at least 4 members (excludes halogenated alkanes) is 2. The van der Waals surface area contributed by atoms with Crippen LogP contribution in [0.5, 0.6) is 0 Å². The summed E-state index contributed by atoms with van der Waals surface area (Å²) in [6.45, 7) is 4.84. The quantitative estimate of drug-likeness (QED) is 0.435. The summed E-state index contributed by atoms with van der Waals surface area (Å²) in [5, 5.41) is 9.64. The minimum absolute atomic E-state index is 0.00163. The summed E-state index contributed by atoms with van der Waals surface area (Å²) < 4.78 is 40.8. The molecule has 2 aromatic rings. The molecule has 0 atom stereocenters. The van der Waals surface area contributed by atoms with E-state index in [1.807, 2.05) is 13.8 Å². The van der Waals surface area contributed by atoms with Gasteiger partial charge in [0.05, 0.1) is 10.5 Å². The molecule has 0 fully saturated rings. The van der Waals surface area contributed by atoms with Crippen molar-refractivity contribution in [3.05, 3.63) is 59.4 Å². The van der Waals surface area contributed by atoms with Gasteiger partial charge in [-0.3, -0.25) is 0 Å². The predicted molar refractivity (Wildman–Crippen MR) is 118 cm³/mol. The topological polar surface area (TPSA) is 74.7 Å². The van der Waals surface area contributed by atoms with Crippen LogP contribution >= 0.6 is 11.8 Å². The zero-order valence-electron chi connectivity index (χ0n) is 17.3. The maximum absolute atomic E-state index is 13.1. The number of carbonyl (C=O) groups is 1. The highest BCUT2D eigenvalue weighted by atomic mass is 32.2. The van der Waals surface area contributed by atoms with E-state index in [-0.39, 0.29) is 16.3 Å². The first-order chi connectivity index (χ1) is 14.3. The molecule has 0 saturated carbocycles. The van der Waals surface area contributed by atoms with Crippen LogP contribution in [0.15, 0.2) is 52.3 Å². The van der Waals surface area contributed by atoms with Crippen LogP contribution in [0.25, 0.3) is 0 Å². The molecular weight excluding hydrogens is 425 g/mol. The van der Waals surface area contributed by atoms with Gasteiger partial charge in [0.15, 0.2) is 0 Å². The number of aromatic carboxylic acids is 1. The Morgan fingerprint density at radius 1 is 1.03 bits per heavy atom. The number of halogens is 1. The van der Waals surface area contributed by atoms with E-state index in [1.54, 1.807) is 18.2 Å². The Hall–Kier alpha value is -1.90. The van der Waals surface area contributed by atoms with Gasteiger partial charge < -0.3 is 5.11 Å². The van der Waals surface area contributed by atoms with Gasteiger partial charge in [-0.1, -0.05) is 38.8 Å². The van der Waals surface area contributed by atoms with Crippen molar-refractivity contribution in [3.8, 4) is 0 Å². The van der Waals surface area contributed by atoms with E-state index < -0.39 is 16.0 Å². The van der Waals surface area contributed by atoms with Gasteiger partial charge in [-0.25, -0.2) is 17.6 Å². The predicted octanol–water partition coefficient (Wildman–Crippen LogP) is 5.41. The van der Waals surface area contributed by atoms with Crippen molar-refractivity contribution in [2.75, 3.05) is 13.1 Å². The molecule has 30 heavy (non-hydrogen) atoms. The second-order valence-corrected chi connectivity index (χ2v) is 9.94. The van der Waals surface area contributed by atoms with E-state index in [9.17, 15) is 22.7 Å². The molecule has 0 aliphatic heterocycles. The molecule has 0 amide bonds. The summed E-state index contributed by atoms with van der Waals surface area (Å²) in [5.41, 5.74) is 0.800. The van der Waals surface area contributed by atoms with E-state index in [4.69, 9.17) is 0 Å². The maximum Gasteiger partial charge on any atom is 0.336 e. The molecule has 5 nitrogen and oxygen atoms in total. The van der Waals surface area contributed by atoms with Crippen LogP contribution in [0.2, 0.25) is 0 Å². The number of rotatable bonds is 12. The number of nitrogens with zero attached hydrogens (tertiary/aromatic N) is 1. The largest absolute Gasteiger partial charge is 0.478 e. The van der Waals surface area contributed by atoms with E-state index in [2.05, 4.69) is 0 Å². The smallest absolute Gasteiger partial charge is 0.336 e. The molecular formula is C22H28FNO4S2. The van der Waals surface area contributed by atoms with Crippen molar-refractivity contribution in [1.82, 2.24) is 4.31 Å². The van der Waals surface area contributed by atoms with Gasteiger partial charge in [-0.2, -0.15) is 4.31 Å². The Labute approximate surface area is 182 Å². The van der Waals surface area contributed by atoms with Crippen molar-refractivity contribution in [1.29, 1.82) is 0 Å². The molecule has 164 valence electrons. The molecule has 0 heterocycles. The van der Waals surface area contributed by atoms with Gasteiger partial charge >= 0.3 is 5.97 Å². The minimum atomic E-state index is -3.77. The Bertz CT molecular complexity index is 938. The van der Waals surface area contributed by atoms with E-state index in [0.29, 0.717) is 23.7 Å². The lowest BCUT2D eigenvalue weighted by Crippen LogP contribution is -2.33. The number of carboxylic acids is 1. The zero-order valence-corrected chi connectivity index (χ0v) is 18.9. The van der Waals surface area contributed by atoms with Crippen molar-refractivity contribution in [3.63, 3.8) is 0 Å². The molecule has 0 bridgehead atoms. The van der Waals surface area contributed by atoms with Crippen molar-refractivity contribution >= 4 is 27.8 Å². The Kier molecular flexibility index (Phi) is 9.33. The van der Waals surface area contributed by atoms with Gasteiger partial charge in [0, 0.05) is 23.7 Å². The third-order valence-electron chi connectivity index (χ3n) is 4.65.